The molecule has 14 heavy (non-hydrogen) atoms. The summed E-state index contributed by atoms with van der Waals surface area (Å²) >= 11 is 2.97. The molecule has 0 atom stereocenters. The number of ether oxygens (including phenoxy) is 1. The fourth-order valence-electron chi connectivity index (χ4n) is 0.741. The van der Waals surface area contributed by atoms with E-state index in [1.807, 2.05) is 13.8 Å². The van der Waals surface area contributed by atoms with E-state index in [0.717, 1.165) is 6.07 Å². The van der Waals surface area contributed by atoms with Gasteiger partial charge in [0.1, 0.15) is 5.82 Å². The zero-order valence-electron chi connectivity index (χ0n) is 8.30. The number of halogens is 2. The smallest absolute Gasteiger partial charge is 0.337 e. The van der Waals surface area contributed by atoms with Gasteiger partial charge in [-0.1, -0.05) is 13.8 Å². The van der Waals surface area contributed by atoms with Crippen LogP contribution < -0.4 is 0 Å². The van der Waals surface area contributed by atoms with E-state index in [-0.39, 0.29) is 5.56 Å². The highest BCUT2D eigenvalue weighted by Crippen LogP contribution is 2.16. The van der Waals surface area contributed by atoms with Gasteiger partial charge in [-0.05, 0) is 34.1 Å². The first-order chi connectivity index (χ1) is 6.65. The molecule has 2 nitrogen and oxygen atoms in total. The molecule has 1 aromatic rings. The maximum atomic E-state index is 12.8. The first kappa shape index (κ1) is 13.1. The number of methoxy groups -OCH3 is 1. The van der Waals surface area contributed by atoms with Crippen molar-refractivity contribution in [2.24, 2.45) is 0 Å². The molecule has 4 heteroatoms. The van der Waals surface area contributed by atoms with Crippen LogP contribution >= 0.6 is 15.9 Å². The van der Waals surface area contributed by atoms with Crippen molar-refractivity contribution in [3.8, 4) is 0 Å². The Bertz CT molecular complexity index is 313. The van der Waals surface area contributed by atoms with E-state index in [4.69, 9.17) is 0 Å². The zero-order chi connectivity index (χ0) is 11.1. The van der Waals surface area contributed by atoms with Crippen LogP contribution in [0.4, 0.5) is 4.39 Å². The largest absolute Gasteiger partial charge is 0.465 e. The minimum Gasteiger partial charge on any atom is -0.465 e. The SMILES string of the molecule is CC.COC(=O)c1ccc(Br)c(F)c1. The van der Waals surface area contributed by atoms with E-state index in [1.54, 1.807) is 0 Å². The highest BCUT2D eigenvalue weighted by Gasteiger charge is 2.07. The molecule has 0 bridgehead atoms. The third-order valence-electron chi connectivity index (χ3n) is 1.34. The molecule has 0 aliphatic carbocycles. The van der Waals surface area contributed by atoms with Gasteiger partial charge < -0.3 is 4.74 Å². The van der Waals surface area contributed by atoms with Gasteiger partial charge >= 0.3 is 5.97 Å². The van der Waals surface area contributed by atoms with Crippen LogP contribution in [0.2, 0.25) is 0 Å². The van der Waals surface area contributed by atoms with Crippen molar-refractivity contribution in [3.05, 3.63) is 34.1 Å². The second-order valence-corrected chi connectivity index (χ2v) is 2.97. The van der Waals surface area contributed by atoms with Crippen LogP contribution in [0.3, 0.4) is 0 Å². The molecule has 0 radical (unpaired) electrons. The summed E-state index contributed by atoms with van der Waals surface area (Å²) in [7, 11) is 1.25. The third kappa shape index (κ3) is 3.46. The Labute approximate surface area is 91.2 Å². The molecular formula is C10H12BrFO2. The summed E-state index contributed by atoms with van der Waals surface area (Å²) in [5.41, 5.74) is 0.207. The van der Waals surface area contributed by atoms with Crippen LogP contribution in [0.15, 0.2) is 22.7 Å². The zero-order valence-corrected chi connectivity index (χ0v) is 9.89. The van der Waals surface area contributed by atoms with E-state index in [0.29, 0.717) is 4.47 Å². The maximum absolute atomic E-state index is 12.8. The molecule has 0 aliphatic heterocycles. The molecule has 0 fully saturated rings. The quantitative estimate of drug-likeness (QED) is 0.726. The number of carbonyl (C=O) groups is 1. The summed E-state index contributed by atoms with van der Waals surface area (Å²) in [5.74, 6) is -1.01. The van der Waals surface area contributed by atoms with Crippen molar-refractivity contribution < 1.29 is 13.9 Å². The summed E-state index contributed by atoms with van der Waals surface area (Å²) in [6.07, 6.45) is 0. The Kier molecular flexibility index (Phi) is 6.12. The van der Waals surface area contributed by atoms with Crippen molar-refractivity contribution in [2.45, 2.75) is 13.8 Å². The van der Waals surface area contributed by atoms with Gasteiger partial charge in [-0.2, -0.15) is 0 Å². The van der Waals surface area contributed by atoms with Crippen molar-refractivity contribution >= 4 is 21.9 Å². The minimum atomic E-state index is -0.540. The molecule has 0 saturated heterocycles. The average Bonchev–Trinajstić information content (AvgIpc) is 2.24. The third-order valence-corrected chi connectivity index (χ3v) is 1.98. The van der Waals surface area contributed by atoms with Gasteiger partial charge in [-0.15, -0.1) is 0 Å². The van der Waals surface area contributed by atoms with Gasteiger partial charge in [0.05, 0.1) is 17.1 Å². The lowest BCUT2D eigenvalue weighted by Gasteiger charge is -1.99. The van der Waals surface area contributed by atoms with Gasteiger partial charge in [0.25, 0.3) is 0 Å². The highest BCUT2D eigenvalue weighted by atomic mass is 79.9. The Morgan fingerprint density at radius 1 is 1.43 bits per heavy atom. The van der Waals surface area contributed by atoms with Gasteiger partial charge in [0.15, 0.2) is 0 Å². The molecule has 0 aromatic heterocycles. The van der Waals surface area contributed by atoms with Gasteiger partial charge in [0.2, 0.25) is 0 Å². The first-order valence-corrected chi connectivity index (χ1v) is 4.98. The fraction of sp³-hybridized carbons (Fsp3) is 0.300. The van der Waals surface area contributed by atoms with Crippen LogP contribution in [0, 0.1) is 5.82 Å². The second-order valence-electron chi connectivity index (χ2n) is 2.12. The summed E-state index contributed by atoms with van der Waals surface area (Å²) in [5, 5.41) is 0. The monoisotopic (exact) mass is 262 g/mol. The number of rotatable bonds is 1. The van der Waals surface area contributed by atoms with E-state index < -0.39 is 11.8 Å². The lowest BCUT2D eigenvalue weighted by atomic mass is 10.2. The van der Waals surface area contributed by atoms with E-state index >= 15 is 0 Å². The molecule has 0 amide bonds. The Hall–Kier alpha value is -0.900. The maximum Gasteiger partial charge on any atom is 0.337 e. The topological polar surface area (TPSA) is 26.3 Å². The van der Waals surface area contributed by atoms with Gasteiger partial charge in [0, 0.05) is 0 Å². The molecule has 0 spiro atoms. The van der Waals surface area contributed by atoms with E-state index in [9.17, 15) is 9.18 Å². The summed E-state index contributed by atoms with van der Waals surface area (Å²) in [6, 6.07) is 4.07. The fourth-order valence-corrected chi connectivity index (χ4v) is 0.988. The van der Waals surface area contributed by atoms with Crippen LogP contribution in [-0.4, -0.2) is 13.1 Å². The standard InChI is InChI=1S/C8H6BrFO2.C2H6/c1-12-8(11)5-2-3-6(9)7(10)4-5;1-2/h2-4H,1H3;1-2H3. The predicted octanol–water partition coefficient (Wildman–Crippen LogP) is 3.40. The Balaban J connectivity index is 0.000000791. The summed E-state index contributed by atoms with van der Waals surface area (Å²) in [6.45, 7) is 4.00. The lowest BCUT2D eigenvalue weighted by Crippen LogP contribution is -2.01. The normalized spacial score (nSPS) is 8.64. The van der Waals surface area contributed by atoms with E-state index in [2.05, 4.69) is 20.7 Å². The molecule has 0 aliphatic rings. The number of hydrogen-bond acceptors (Lipinski definition) is 2. The minimum absolute atomic E-state index is 0.207. The Morgan fingerprint density at radius 2 is 2.00 bits per heavy atom. The molecule has 0 saturated carbocycles. The molecule has 1 aromatic carbocycles. The van der Waals surface area contributed by atoms with Crippen molar-refractivity contribution in [1.29, 1.82) is 0 Å². The molecule has 78 valence electrons. The lowest BCUT2D eigenvalue weighted by molar-refractivity contribution is 0.0600. The number of benzene rings is 1. The molecule has 0 heterocycles. The number of esters is 1. The summed E-state index contributed by atoms with van der Waals surface area (Å²) < 4.78 is 17.6. The number of carbonyl (C=O) groups excluding carboxylic acids is 1. The number of hydrogen-bond donors (Lipinski definition) is 0. The Morgan fingerprint density at radius 3 is 2.43 bits per heavy atom. The first-order valence-electron chi connectivity index (χ1n) is 4.18. The van der Waals surface area contributed by atoms with Crippen LogP contribution in [0.5, 0.6) is 0 Å². The van der Waals surface area contributed by atoms with E-state index in [1.165, 1.54) is 19.2 Å². The molecule has 0 unspecified atom stereocenters. The molecule has 0 N–H and O–H groups in total. The van der Waals surface area contributed by atoms with Crippen LogP contribution in [-0.2, 0) is 4.74 Å². The van der Waals surface area contributed by atoms with Crippen LogP contribution in [0.1, 0.15) is 24.2 Å². The van der Waals surface area contributed by atoms with Gasteiger partial charge in [-0.25, -0.2) is 9.18 Å². The van der Waals surface area contributed by atoms with Crippen molar-refractivity contribution in [1.82, 2.24) is 0 Å². The summed E-state index contributed by atoms with van der Waals surface area (Å²) in [4.78, 5) is 10.9. The molecular weight excluding hydrogens is 251 g/mol. The highest BCUT2D eigenvalue weighted by molar-refractivity contribution is 9.10. The van der Waals surface area contributed by atoms with Crippen LogP contribution in [0.25, 0.3) is 0 Å². The second kappa shape index (κ2) is 6.54. The average molecular weight is 263 g/mol. The molecule has 1 rings (SSSR count). The van der Waals surface area contributed by atoms with Gasteiger partial charge in [-0.3, -0.25) is 0 Å². The van der Waals surface area contributed by atoms with Crippen molar-refractivity contribution in [3.63, 3.8) is 0 Å². The van der Waals surface area contributed by atoms with Crippen molar-refractivity contribution in [2.75, 3.05) is 7.11 Å². The predicted molar refractivity (Wildman–Crippen MR) is 56.8 cm³/mol.